The number of hydrogen-bond acceptors (Lipinski definition) is 3. The van der Waals surface area contributed by atoms with Gasteiger partial charge in [-0.15, -0.1) is 0 Å². The van der Waals surface area contributed by atoms with Crippen molar-refractivity contribution in [2.75, 3.05) is 7.11 Å². The Bertz CT molecular complexity index is 737. The molecule has 0 amide bonds. The average molecular weight is 364 g/mol. The third kappa shape index (κ3) is 5.72. The average Bonchev–Trinajstić information content (AvgIpc) is 2.61. The lowest BCUT2D eigenvalue weighted by atomic mass is 9.92. The van der Waals surface area contributed by atoms with Gasteiger partial charge in [-0.3, -0.25) is 9.59 Å². The van der Waals surface area contributed by atoms with Crippen LogP contribution in [0.2, 0.25) is 0 Å². The van der Waals surface area contributed by atoms with E-state index in [4.69, 9.17) is 4.74 Å². The number of hydrogen-bond donors (Lipinski definition) is 0. The molecule has 0 spiro atoms. The summed E-state index contributed by atoms with van der Waals surface area (Å²) in [5, 5.41) is 0. The minimum atomic E-state index is -4.41. The monoisotopic (exact) mass is 364 g/mol. The van der Waals surface area contributed by atoms with Crippen molar-refractivity contribution in [2.24, 2.45) is 5.92 Å². The number of benzene rings is 2. The molecule has 6 heteroatoms. The van der Waals surface area contributed by atoms with E-state index < -0.39 is 23.6 Å². The highest BCUT2D eigenvalue weighted by Crippen LogP contribution is 2.29. The molecule has 26 heavy (non-hydrogen) atoms. The van der Waals surface area contributed by atoms with Crippen molar-refractivity contribution in [3.8, 4) is 0 Å². The molecular formula is C20H19F3O3. The van der Waals surface area contributed by atoms with Crippen LogP contribution in [0, 0.1) is 5.92 Å². The summed E-state index contributed by atoms with van der Waals surface area (Å²) in [6, 6.07) is 13.7. The van der Waals surface area contributed by atoms with E-state index >= 15 is 0 Å². The quantitative estimate of drug-likeness (QED) is 0.690. The van der Waals surface area contributed by atoms with E-state index in [0.29, 0.717) is 12.0 Å². The molecule has 3 nitrogen and oxygen atoms in total. The fraction of sp³-hybridized carbons (Fsp3) is 0.300. The number of rotatable bonds is 7. The molecule has 0 aliphatic carbocycles. The largest absolute Gasteiger partial charge is 0.469 e. The van der Waals surface area contributed by atoms with Crippen molar-refractivity contribution in [1.82, 2.24) is 0 Å². The Morgan fingerprint density at radius 1 is 0.962 bits per heavy atom. The summed E-state index contributed by atoms with van der Waals surface area (Å²) in [5.74, 6) is -1.32. The van der Waals surface area contributed by atoms with E-state index in [1.165, 1.54) is 19.2 Å². The maximum atomic E-state index is 12.6. The number of carbonyl (C=O) groups excluding carboxylic acids is 2. The van der Waals surface area contributed by atoms with Crippen LogP contribution in [-0.2, 0) is 33.3 Å². The topological polar surface area (TPSA) is 43.4 Å². The molecular weight excluding hydrogens is 345 g/mol. The zero-order chi connectivity index (χ0) is 19.2. The minimum absolute atomic E-state index is 0.0252. The lowest BCUT2D eigenvalue weighted by Crippen LogP contribution is -2.23. The summed E-state index contributed by atoms with van der Waals surface area (Å²) < 4.78 is 42.5. The van der Waals surface area contributed by atoms with E-state index in [0.717, 1.165) is 17.7 Å². The Morgan fingerprint density at radius 3 is 2.12 bits per heavy atom. The molecule has 0 saturated carbocycles. The molecule has 0 aliphatic heterocycles. The van der Waals surface area contributed by atoms with Crippen LogP contribution in [0.15, 0.2) is 54.6 Å². The van der Waals surface area contributed by atoms with Crippen LogP contribution < -0.4 is 0 Å². The van der Waals surface area contributed by atoms with Crippen LogP contribution in [0.4, 0.5) is 13.2 Å². The SMILES string of the molecule is COC(=O)[C@@H](CC(=O)Cc1ccc(C(F)(F)F)cc1)Cc1ccccc1. The Morgan fingerprint density at radius 2 is 1.58 bits per heavy atom. The molecule has 0 aromatic heterocycles. The maximum absolute atomic E-state index is 12.6. The zero-order valence-electron chi connectivity index (χ0n) is 14.3. The molecule has 0 bridgehead atoms. The number of alkyl halides is 3. The molecule has 0 radical (unpaired) electrons. The lowest BCUT2D eigenvalue weighted by molar-refractivity contribution is -0.147. The third-order valence-electron chi connectivity index (χ3n) is 4.02. The van der Waals surface area contributed by atoms with E-state index in [9.17, 15) is 22.8 Å². The van der Waals surface area contributed by atoms with Gasteiger partial charge in [0.2, 0.25) is 0 Å². The van der Waals surface area contributed by atoms with Crippen molar-refractivity contribution in [3.05, 3.63) is 71.3 Å². The fourth-order valence-corrected chi connectivity index (χ4v) is 2.69. The van der Waals surface area contributed by atoms with Gasteiger partial charge in [-0.1, -0.05) is 42.5 Å². The second-order valence-electron chi connectivity index (χ2n) is 6.02. The Labute approximate surface area is 149 Å². The first kappa shape index (κ1) is 19.7. The van der Waals surface area contributed by atoms with E-state index in [-0.39, 0.29) is 18.6 Å². The Hall–Kier alpha value is -2.63. The summed E-state index contributed by atoms with van der Waals surface area (Å²) in [6.07, 6.45) is -4.09. The number of carbonyl (C=O) groups is 2. The van der Waals surface area contributed by atoms with Gasteiger partial charge in [-0.05, 0) is 29.7 Å². The highest BCUT2D eigenvalue weighted by atomic mass is 19.4. The smallest absolute Gasteiger partial charge is 0.416 e. The second kappa shape index (κ2) is 8.65. The Kier molecular flexibility index (Phi) is 6.55. The first-order valence-corrected chi connectivity index (χ1v) is 8.09. The van der Waals surface area contributed by atoms with Gasteiger partial charge in [0.15, 0.2) is 0 Å². The number of esters is 1. The van der Waals surface area contributed by atoms with Crippen LogP contribution in [0.5, 0.6) is 0 Å². The number of ether oxygens (including phenoxy) is 1. The molecule has 2 rings (SSSR count). The molecule has 0 heterocycles. The molecule has 138 valence electrons. The van der Waals surface area contributed by atoms with Crippen molar-refractivity contribution in [2.45, 2.75) is 25.4 Å². The molecule has 0 unspecified atom stereocenters. The van der Waals surface area contributed by atoms with Gasteiger partial charge in [0.1, 0.15) is 5.78 Å². The van der Waals surface area contributed by atoms with E-state index in [2.05, 4.69) is 0 Å². The van der Waals surface area contributed by atoms with Crippen molar-refractivity contribution in [1.29, 1.82) is 0 Å². The molecule has 2 aromatic carbocycles. The molecule has 0 saturated heterocycles. The number of methoxy groups -OCH3 is 1. The van der Waals surface area contributed by atoms with Crippen LogP contribution in [-0.4, -0.2) is 18.9 Å². The molecule has 2 aromatic rings. The van der Waals surface area contributed by atoms with Gasteiger partial charge in [0, 0.05) is 12.8 Å². The molecule has 0 N–H and O–H groups in total. The highest BCUT2D eigenvalue weighted by Gasteiger charge is 2.30. The molecule has 0 aliphatic rings. The first-order chi connectivity index (χ1) is 12.3. The number of ketones is 1. The van der Waals surface area contributed by atoms with Crippen LogP contribution >= 0.6 is 0 Å². The Balaban J connectivity index is 2.01. The fourth-order valence-electron chi connectivity index (χ4n) is 2.69. The standard InChI is InChI=1S/C20H19F3O3/c1-26-19(25)16(11-14-5-3-2-4-6-14)13-18(24)12-15-7-9-17(10-8-15)20(21,22)23/h2-10,16H,11-13H2,1H3/t16-/m1/s1. The molecule has 0 fully saturated rings. The van der Waals surface area contributed by atoms with Gasteiger partial charge in [0.05, 0.1) is 18.6 Å². The van der Waals surface area contributed by atoms with Crippen molar-refractivity contribution >= 4 is 11.8 Å². The lowest BCUT2D eigenvalue weighted by Gasteiger charge is -2.14. The summed E-state index contributed by atoms with van der Waals surface area (Å²) in [4.78, 5) is 24.2. The van der Waals surface area contributed by atoms with Crippen LogP contribution in [0.25, 0.3) is 0 Å². The molecule has 1 atom stereocenters. The van der Waals surface area contributed by atoms with Crippen molar-refractivity contribution < 1.29 is 27.5 Å². The van der Waals surface area contributed by atoms with Gasteiger partial charge in [-0.25, -0.2) is 0 Å². The normalized spacial score (nSPS) is 12.5. The van der Waals surface area contributed by atoms with E-state index in [1.54, 1.807) is 0 Å². The van der Waals surface area contributed by atoms with Gasteiger partial charge < -0.3 is 4.74 Å². The maximum Gasteiger partial charge on any atom is 0.416 e. The van der Waals surface area contributed by atoms with Crippen molar-refractivity contribution in [3.63, 3.8) is 0 Å². The van der Waals surface area contributed by atoms with Gasteiger partial charge in [0.25, 0.3) is 0 Å². The third-order valence-corrected chi connectivity index (χ3v) is 4.02. The number of Topliss-reactive ketones (excluding diaryl/α,β-unsaturated/α-hetero) is 1. The van der Waals surface area contributed by atoms with Gasteiger partial charge >= 0.3 is 12.1 Å². The second-order valence-corrected chi connectivity index (χ2v) is 6.02. The van der Waals surface area contributed by atoms with E-state index in [1.807, 2.05) is 30.3 Å². The highest BCUT2D eigenvalue weighted by molar-refractivity contribution is 5.86. The predicted molar refractivity (Wildman–Crippen MR) is 90.4 cm³/mol. The number of halogens is 3. The summed E-state index contributed by atoms with van der Waals surface area (Å²) in [6.45, 7) is 0. The predicted octanol–water partition coefficient (Wildman–Crippen LogP) is 4.24. The van der Waals surface area contributed by atoms with Gasteiger partial charge in [-0.2, -0.15) is 13.2 Å². The first-order valence-electron chi connectivity index (χ1n) is 8.09. The summed E-state index contributed by atoms with van der Waals surface area (Å²) >= 11 is 0. The van der Waals surface area contributed by atoms with Crippen LogP contribution in [0.3, 0.4) is 0 Å². The summed E-state index contributed by atoms with van der Waals surface area (Å²) in [5.41, 5.74) is 0.627. The minimum Gasteiger partial charge on any atom is -0.469 e. The van der Waals surface area contributed by atoms with Crippen LogP contribution in [0.1, 0.15) is 23.1 Å². The summed E-state index contributed by atoms with van der Waals surface area (Å²) in [7, 11) is 1.26. The zero-order valence-corrected chi connectivity index (χ0v) is 14.3.